The van der Waals surface area contributed by atoms with Crippen LogP contribution in [-0.4, -0.2) is 26.3 Å². The van der Waals surface area contributed by atoms with Crippen molar-refractivity contribution in [2.24, 2.45) is 5.41 Å². The lowest BCUT2D eigenvalue weighted by Gasteiger charge is -2.42. The Morgan fingerprint density at radius 2 is 2.32 bits per heavy atom. The fraction of sp³-hybridized carbons (Fsp3) is 0.643. The third-order valence-electron chi connectivity index (χ3n) is 3.91. The maximum Gasteiger partial charge on any atom is 0.315 e. The molecule has 0 radical (unpaired) electrons. The minimum absolute atomic E-state index is 0.0742. The lowest BCUT2D eigenvalue weighted by atomic mass is 9.67. The van der Waals surface area contributed by atoms with Gasteiger partial charge in [-0.05, 0) is 47.1 Å². The van der Waals surface area contributed by atoms with E-state index >= 15 is 0 Å². The average Bonchev–Trinajstić information content (AvgIpc) is 2.88. The summed E-state index contributed by atoms with van der Waals surface area (Å²) in [4.78, 5) is 11.7. The minimum atomic E-state index is -0.0742. The molecule has 0 bridgehead atoms. The van der Waals surface area contributed by atoms with E-state index in [-0.39, 0.29) is 11.4 Å². The van der Waals surface area contributed by atoms with Crippen LogP contribution in [0.2, 0.25) is 0 Å². The van der Waals surface area contributed by atoms with E-state index in [4.69, 9.17) is 4.74 Å². The summed E-state index contributed by atoms with van der Waals surface area (Å²) in [6.45, 7) is 2.13. The molecule has 19 heavy (non-hydrogen) atoms. The van der Waals surface area contributed by atoms with Gasteiger partial charge in [0.2, 0.25) is 0 Å². The molecule has 1 aliphatic carbocycles. The van der Waals surface area contributed by atoms with Gasteiger partial charge in [0, 0.05) is 26.8 Å². The van der Waals surface area contributed by atoms with Gasteiger partial charge in [-0.1, -0.05) is 6.42 Å². The number of hydrogen-bond acceptors (Lipinski definition) is 3. The first-order chi connectivity index (χ1) is 9.24. The molecule has 0 unspecified atom stereocenters. The number of carbonyl (C=O) groups is 1. The van der Waals surface area contributed by atoms with Gasteiger partial charge >= 0.3 is 6.03 Å². The van der Waals surface area contributed by atoms with E-state index in [1.54, 1.807) is 18.4 Å². The Bertz CT molecular complexity index is 388. The van der Waals surface area contributed by atoms with Crippen molar-refractivity contribution in [2.75, 3.05) is 20.3 Å². The maximum atomic E-state index is 11.7. The zero-order chi connectivity index (χ0) is 13.6. The Morgan fingerprint density at radius 1 is 1.47 bits per heavy atom. The minimum Gasteiger partial charge on any atom is -0.385 e. The Kier molecular flexibility index (Phi) is 5.22. The van der Waals surface area contributed by atoms with Crippen molar-refractivity contribution in [3.63, 3.8) is 0 Å². The van der Waals surface area contributed by atoms with Crippen molar-refractivity contribution in [2.45, 2.75) is 32.2 Å². The number of nitrogens with one attached hydrogen (secondary N) is 2. The largest absolute Gasteiger partial charge is 0.385 e. The van der Waals surface area contributed by atoms with E-state index in [0.29, 0.717) is 6.54 Å². The van der Waals surface area contributed by atoms with Gasteiger partial charge in [-0.2, -0.15) is 11.3 Å². The lowest BCUT2D eigenvalue weighted by Crippen LogP contribution is -2.45. The van der Waals surface area contributed by atoms with Crippen LogP contribution in [-0.2, 0) is 11.3 Å². The molecule has 0 spiro atoms. The highest BCUT2D eigenvalue weighted by Gasteiger charge is 2.36. The standard InChI is InChI=1S/C14H22N2O2S/c1-18-7-6-14(4-2-5-14)11-16-13(17)15-9-12-3-8-19-10-12/h3,8,10H,2,4-7,9,11H2,1H3,(H2,15,16,17). The molecule has 2 amide bonds. The molecule has 106 valence electrons. The monoisotopic (exact) mass is 282 g/mol. The molecule has 1 fully saturated rings. The molecule has 0 aliphatic heterocycles. The van der Waals surface area contributed by atoms with E-state index in [9.17, 15) is 4.79 Å². The van der Waals surface area contributed by atoms with Gasteiger partial charge in [0.25, 0.3) is 0 Å². The number of hydrogen-bond donors (Lipinski definition) is 2. The molecule has 0 saturated heterocycles. The number of carbonyl (C=O) groups excluding carboxylic acids is 1. The van der Waals surface area contributed by atoms with Crippen LogP contribution in [0.4, 0.5) is 4.79 Å². The van der Waals surface area contributed by atoms with Crippen molar-refractivity contribution < 1.29 is 9.53 Å². The first kappa shape index (κ1) is 14.3. The number of thiophene rings is 1. The number of methoxy groups -OCH3 is 1. The predicted octanol–water partition coefficient (Wildman–Crippen LogP) is 2.75. The molecular formula is C14H22N2O2S. The van der Waals surface area contributed by atoms with Crippen molar-refractivity contribution in [3.05, 3.63) is 22.4 Å². The fourth-order valence-corrected chi connectivity index (χ4v) is 3.08. The summed E-state index contributed by atoms with van der Waals surface area (Å²) in [6, 6.07) is 1.95. The van der Waals surface area contributed by atoms with Gasteiger partial charge in [-0.25, -0.2) is 4.79 Å². The van der Waals surface area contributed by atoms with E-state index in [1.807, 2.05) is 16.8 Å². The maximum absolute atomic E-state index is 11.7. The summed E-state index contributed by atoms with van der Waals surface area (Å²) in [5.74, 6) is 0. The molecule has 1 aromatic heterocycles. The second-order valence-corrected chi connectivity index (χ2v) is 6.04. The molecule has 1 aromatic rings. The molecule has 2 N–H and O–H groups in total. The molecule has 1 heterocycles. The van der Waals surface area contributed by atoms with E-state index in [2.05, 4.69) is 10.6 Å². The average molecular weight is 282 g/mol. The van der Waals surface area contributed by atoms with Crippen LogP contribution in [0.25, 0.3) is 0 Å². The molecular weight excluding hydrogens is 260 g/mol. The van der Waals surface area contributed by atoms with Crippen LogP contribution in [0.5, 0.6) is 0 Å². The highest BCUT2D eigenvalue weighted by Crippen LogP contribution is 2.43. The first-order valence-corrected chi connectivity index (χ1v) is 7.70. The van der Waals surface area contributed by atoms with Crippen LogP contribution < -0.4 is 10.6 Å². The highest BCUT2D eigenvalue weighted by atomic mass is 32.1. The number of urea groups is 1. The third kappa shape index (κ3) is 4.21. The smallest absolute Gasteiger partial charge is 0.315 e. The quantitative estimate of drug-likeness (QED) is 0.808. The van der Waals surface area contributed by atoms with Crippen LogP contribution in [0.3, 0.4) is 0 Å². The normalized spacial score (nSPS) is 16.7. The van der Waals surface area contributed by atoms with Crippen LogP contribution in [0, 0.1) is 5.41 Å². The van der Waals surface area contributed by atoms with Crippen molar-refractivity contribution in [1.29, 1.82) is 0 Å². The fourth-order valence-electron chi connectivity index (χ4n) is 2.42. The zero-order valence-electron chi connectivity index (χ0n) is 11.4. The molecule has 2 rings (SSSR count). The van der Waals surface area contributed by atoms with E-state index in [1.165, 1.54) is 19.3 Å². The predicted molar refractivity (Wildman–Crippen MR) is 77.3 cm³/mol. The molecule has 1 saturated carbocycles. The van der Waals surface area contributed by atoms with Crippen molar-refractivity contribution in [1.82, 2.24) is 10.6 Å². The number of amides is 2. The number of rotatable bonds is 7. The van der Waals surface area contributed by atoms with E-state index < -0.39 is 0 Å². The third-order valence-corrected chi connectivity index (χ3v) is 4.64. The lowest BCUT2D eigenvalue weighted by molar-refractivity contribution is 0.0712. The summed E-state index contributed by atoms with van der Waals surface area (Å²) in [5.41, 5.74) is 1.42. The number of ether oxygens (including phenoxy) is 1. The Hall–Kier alpha value is -1.07. The van der Waals surface area contributed by atoms with Gasteiger partial charge < -0.3 is 15.4 Å². The topological polar surface area (TPSA) is 50.4 Å². The highest BCUT2D eigenvalue weighted by molar-refractivity contribution is 7.07. The van der Waals surface area contributed by atoms with Gasteiger partial charge in [0.15, 0.2) is 0 Å². The molecule has 1 aliphatic rings. The van der Waals surface area contributed by atoms with Crippen LogP contribution in [0.15, 0.2) is 16.8 Å². The SMILES string of the molecule is COCCC1(CNC(=O)NCc2ccsc2)CCC1. The summed E-state index contributed by atoms with van der Waals surface area (Å²) < 4.78 is 5.15. The molecule has 5 heteroatoms. The first-order valence-electron chi connectivity index (χ1n) is 6.76. The second kappa shape index (κ2) is 6.91. The molecule has 0 aromatic carbocycles. The van der Waals surface area contributed by atoms with Crippen LogP contribution in [0.1, 0.15) is 31.2 Å². The van der Waals surface area contributed by atoms with Crippen LogP contribution >= 0.6 is 11.3 Å². The second-order valence-electron chi connectivity index (χ2n) is 5.26. The van der Waals surface area contributed by atoms with Gasteiger partial charge in [-0.15, -0.1) is 0 Å². The van der Waals surface area contributed by atoms with Gasteiger partial charge in [0.05, 0.1) is 0 Å². The van der Waals surface area contributed by atoms with E-state index in [0.717, 1.165) is 25.1 Å². The Morgan fingerprint density at radius 3 is 2.89 bits per heavy atom. The zero-order valence-corrected chi connectivity index (χ0v) is 12.2. The summed E-state index contributed by atoms with van der Waals surface area (Å²) >= 11 is 1.65. The van der Waals surface area contributed by atoms with Crippen molar-refractivity contribution in [3.8, 4) is 0 Å². The summed E-state index contributed by atoms with van der Waals surface area (Å²) in [5, 5.41) is 9.95. The Balaban J connectivity index is 1.67. The van der Waals surface area contributed by atoms with Gasteiger partial charge in [0.1, 0.15) is 0 Å². The summed E-state index contributed by atoms with van der Waals surface area (Å²) in [6.07, 6.45) is 4.69. The molecule has 4 nitrogen and oxygen atoms in total. The molecule has 0 atom stereocenters. The van der Waals surface area contributed by atoms with Crippen molar-refractivity contribution >= 4 is 17.4 Å². The van der Waals surface area contributed by atoms with Gasteiger partial charge in [-0.3, -0.25) is 0 Å². The Labute approximate surface area is 118 Å². The summed E-state index contributed by atoms with van der Waals surface area (Å²) in [7, 11) is 1.73.